The maximum atomic E-state index is 5.72. The zero-order chi connectivity index (χ0) is 18.1. The number of hydrogen-bond acceptors (Lipinski definition) is 4. The highest BCUT2D eigenvalue weighted by atomic mass is 127. The van der Waals surface area contributed by atoms with Crippen molar-refractivity contribution in [1.82, 2.24) is 15.5 Å². The monoisotopic (exact) mass is 494 g/mol. The first kappa shape index (κ1) is 23.7. The third kappa shape index (κ3) is 8.10. The maximum absolute atomic E-state index is 5.72. The summed E-state index contributed by atoms with van der Waals surface area (Å²) in [5.41, 5.74) is 0. The molecule has 1 aromatic rings. The predicted octanol–water partition coefficient (Wildman–Crippen LogP) is 3.73. The second kappa shape index (κ2) is 12.9. The highest BCUT2D eigenvalue weighted by Gasteiger charge is 2.26. The van der Waals surface area contributed by atoms with E-state index in [9.17, 15) is 0 Å². The Hall–Kier alpha value is -0.380. The van der Waals surface area contributed by atoms with E-state index in [1.54, 1.807) is 0 Å². The highest BCUT2D eigenvalue weighted by Crippen LogP contribution is 2.27. The molecule has 0 amide bonds. The summed E-state index contributed by atoms with van der Waals surface area (Å²) in [6.07, 6.45) is 1.44. The zero-order valence-corrected chi connectivity index (χ0v) is 19.7. The Balaban J connectivity index is 0.00000338. The highest BCUT2D eigenvalue weighted by molar-refractivity contribution is 14.0. The topological polar surface area (TPSA) is 48.9 Å². The van der Waals surface area contributed by atoms with Crippen LogP contribution < -0.4 is 10.6 Å². The molecular weight excluding hydrogens is 459 g/mol. The Morgan fingerprint density at radius 1 is 1.42 bits per heavy atom. The Labute approximate surface area is 180 Å². The van der Waals surface area contributed by atoms with Crippen molar-refractivity contribution in [1.29, 1.82) is 0 Å². The number of rotatable bonds is 8. The van der Waals surface area contributed by atoms with Gasteiger partial charge in [-0.1, -0.05) is 19.9 Å². The first-order valence-corrected chi connectivity index (χ1v) is 10.4. The molecule has 2 N–H and O–H groups in total. The quantitative estimate of drug-likeness (QED) is 0.329. The molecule has 1 aromatic heterocycles. The van der Waals surface area contributed by atoms with Gasteiger partial charge in [-0.15, -0.1) is 35.3 Å². The van der Waals surface area contributed by atoms with Crippen molar-refractivity contribution in [3.8, 4) is 0 Å². The first-order valence-electron chi connectivity index (χ1n) is 9.51. The van der Waals surface area contributed by atoms with Crippen molar-refractivity contribution in [3.63, 3.8) is 0 Å². The summed E-state index contributed by atoms with van der Waals surface area (Å²) in [7, 11) is 0. The summed E-state index contributed by atoms with van der Waals surface area (Å²) in [4.78, 5) is 8.79. The molecule has 2 heterocycles. The van der Waals surface area contributed by atoms with Crippen LogP contribution in [0, 0.1) is 5.92 Å². The van der Waals surface area contributed by atoms with Gasteiger partial charge in [0.15, 0.2) is 5.96 Å². The van der Waals surface area contributed by atoms with Crippen LogP contribution in [0.25, 0.3) is 0 Å². The molecule has 2 atom stereocenters. The lowest BCUT2D eigenvalue weighted by molar-refractivity contribution is -0.0327. The zero-order valence-electron chi connectivity index (χ0n) is 16.5. The first-order chi connectivity index (χ1) is 12.1. The molecule has 150 valence electrons. The van der Waals surface area contributed by atoms with Crippen LogP contribution >= 0.6 is 35.3 Å². The molecule has 2 unspecified atom stereocenters. The summed E-state index contributed by atoms with van der Waals surface area (Å²) >= 11 is 1.82. The average Bonchev–Trinajstić information content (AvgIpc) is 3.09. The van der Waals surface area contributed by atoms with Crippen LogP contribution in [-0.4, -0.2) is 56.3 Å². The van der Waals surface area contributed by atoms with Crippen LogP contribution in [0.15, 0.2) is 22.5 Å². The molecule has 1 aliphatic rings. The molecule has 0 radical (unpaired) electrons. The van der Waals surface area contributed by atoms with Crippen molar-refractivity contribution in [2.45, 2.75) is 46.3 Å². The van der Waals surface area contributed by atoms with Gasteiger partial charge in [-0.25, -0.2) is 0 Å². The number of halogens is 1. The van der Waals surface area contributed by atoms with Crippen LogP contribution in [-0.2, 0) is 4.74 Å². The Morgan fingerprint density at radius 2 is 2.23 bits per heavy atom. The molecule has 1 aliphatic heterocycles. The van der Waals surface area contributed by atoms with E-state index in [0.717, 1.165) is 51.7 Å². The van der Waals surface area contributed by atoms with Crippen molar-refractivity contribution in [2.24, 2.45) is 10.9 Å². The fourth-order valence-electron chi connectivity index (χ4n) is 2.99. The fraction of sp³-hybridized carbons (Fsp3) is 0.737. The van der Waals surface area contributed by atoms with Crippen LogP contribution in [0.2, 0.25) is 0 Å². The number of ether oxygens (including phenoxy) is 1. The summed E-state index contributed by atoms with van der Waals surface area (Å²) in [5, 5.41) is 8.99. The molecule has 0 spiro atoms. The molecule has 26 heavy (non-hydrogen) atoms. The number of thiophene rings is 1. The predicted molar refractivity (Wildman–Crippen MR) is 123 cm³/mol. The van der Waals surface area contributed by atoms with Gasteiger partial charge < -0.3 is 15.4 Å². The van der Waals surface area contributed by atoms with E-state index in [1.807, 2.05) is 11.3 Å². The molecular formula is C19H35IN4OS. The third-order valence-corrected chi connectivity index (χ3v) is 5.34. The van der Waals surface area contributed by atoms with E-state index in [-0.39, 0.29) is 30.1 Å². The number of nitrogens with one attached hydrogen (secondary N) is 2. The number of morpholine rings is 1. The minimum atomic E-state index is 0. The van der Waals surface area contributed by atoms with Crippen LogP contribution in [0.1, 0.15) is 45.0 Å². The van der Waals surface area contributed by atoms with Crippen molar-refractivity contribution < 1.29 is 4.74 Å². The van der Waals surface area contributed by atoms with Gasteiger partial charge in [0, 0.05) is 31.1 Å². The van der Waals surface area contributed by atoms with Crippen molar-refractivity contribution in [2.75, 3.05) is 39.3 Å². The maximum Gasteiger partial charge on any atom is 0.191 e. The smallest absolute Gasteiger partial charge is 0.191 e. The van der Waals surface area contributed by atoms with Crippen molar-refractivity contribution >= 4 is 41.3 Å². The van der Waals surface area contributed by atoms with Gasteiger partial charge in [0.2, 0.25) is 0 Å². The van der Waals surface area contributed by atoms with Gasteiger partial charge >= 0.3 is 0 Å². The van der Waals surface area contributed by atoms with Gasteiger partial charge in [0.25, 0.3) is 0 Å². The molecule has 5 nitrogen and oxygen atoms in total. The number of hydrogen-bond donors (Lipinski definition) is 2. The van der Waals surface area contributed by atoms with Gasteiger partial charge in [-0.3, -0.25) is 9.89 Å². The number of guanidine groups is 1. The average molecular weight is 494 g/mol. The van der Waals surface area contributed by atoms with Gasteiger partial charge in [-0.05, 0) is 37.6 Å². The molecule has 1 fully saturated rings. The van der Waals surface area contributed by atoms with Crippen LogP contribution in [0.3, 0.4) is 0 Å². The minimum Gasteiger partial charge on any atom is -0.376 e. The summed E-state index contributed by atoms with van der Waals surface area (Å²) in [6.45, 7) is 14.1. The fourth-order valence-corrected chi connectivity index (χ4v) is 3.85. The lowest BCUT2D eigenvalue weighted by atomic mass is 10.1. The molecule has 0 bridgehead atoms. The Morgan fingerprint density at radius 3 is 2.85 bits per heavy atom. The van der Waals surface area contributed by atoms with Crippen LogP contribution in [0.5, 0.6) is 0 Å². The SMILES string of the molecule is CCNC(=NCC(c1cccs1)N1CCOC(C)C1)NCCC(C)C.I. The molecule has 0 saturated carbocycles. The lowest BCUT2D eigenvalue weighted by Crippen LogP contribution is -2.44. The van der Waals surface area contributed by atoms with E-state index in [4.69, 9.17) is 9.73 Å². The lowest BCUT2D eigenvalue weighted by Gasteiger charge is -2.36. The summed E-state index contributed by atoms with van der Waals surface area (Å²) in [6, 6.07) is 4.68. The molecule has 1 saturated heterocycles. The summed E-state index contributed by atoms with van der Waals surface area (Å²) < 4.78 is 5.72. The number of aliphatic imine (C=N–C) groups is 1. The Kier molecular flexibility index (Phi) is 11.7. The second-order valence-electron chi connectivity index (χ2n) is 7.04. The van der Waals surface area contributed by atoms with E-state index in [1.165, 1.54) is 4.88 Å². The Bertz CT molecular complexity index is 510. The standard InChI is InChI=1S/C19H34N4OS.HI/c1-5-20-19(21-9-8-15(2)3)22-13-17(18-7-6-12-25-18)23-10-11-24-16(4)14-23;/h6-7,12,15-17H,5,8-11,13-14H2,1-4H3,(H2,20,21,22);1H. The van der Waals surface area contributed by atoms with E-state index in [0.29, 0.717) is 12.0 Å². The van der Waals surface area contributed by atoms with E-state index in [2.05, 4.69) is 60.7 Å². The number of nitrogens with zero attached hydrogens (tertiary/aromatic N) is 2. The minimum absolute atomic E-state index is 0. The van der Waals surface area contributed by atoms with E-state index < -0.39 is 0 Å². The molecule has 0 aliphatic carbocycles. The van der Waals surface area contributed by atoms with Crippen LogP contribution in [0.4, 0.5) is 0 Å². The van der Waals surface area contributed by atoms with Gasteiger partial charge in [-0.2, -0.15) is 0 Å². The van der Waals surface area contributed by atoms with Crippen molar-refractivity contribution in [3.05, 3.63) is 22.4 Å². The van der Waals surface area contributed by atoms with E-state index >= 15 is 0 Å². The largest absolute Gasteiger partial charge is 0.376 e. The van der Waals surface area contributed by atoms with Gasteiger partial charge in [0.05, 0.1) is 25.3 Å². The normalized spacial score (nSPS) is 19.9. The second-order valence-corrected chi connectivity index (χ2v) is 8.02. The molecule has 0 aromatic carbocycles. The third-order valence-electron chi connectivity index (χ3n) is 4.37. The summed E-state index contributed by atoms with van der Waals surface area (Å²) in [5.74, 6) is 1.62. The molecule has 7 heteroatoms. The molecule has 2 rings (SSSR count). The van der Waals surface area contributed by atoms with Gasteiger partial charge in [0.1, 0.15) is 0 Å².